The summed E-state index contributed by atoms with van der Waals surface area (Å²) in [5, 5.41) is 3.95. The standard InChI is InChI=1S/C22H23NO3/c1-2-3-4-10-15-25-20-14-9-8-13-18(20)16-19-21(23-26-22(19)24)17-11-6-5-7-12-17/h5-9,11-14,16H,2-4,10,15H2,1H3. The molecule has 0 radical (unpaired) electrons. The van der Waals surface area contributed by atoms with Crippen LogP contribution >= 0.6 is 0 Å². The van der Waals surface area contributed by atoms with E-state index in [9.17, 15) is 4.79 Å². The van der Waals surface area contributed by atoms with Crippen LogP contribution in [0.2, 0.25) is 0 Å². The van der Waals surface area contributed by atoms with E-state index in [1.54, 1.807) is 6.08 Å². The fraction of sp³-hybridized carbons (Fsp3) is 0.273. The van der Waals surface area contributed by atoms with Crippen molar-refractivity contribution in [2.24, 2.45) is 5.16 Å². The number of nitrogens with zero attached hydrogens (tertiary/aromatic N) is 1. The lowest BCUT2D eigenvalue weighted by atomic mass is 10.0. The van der Waals surface area contributed by atoms with Crippen LogP contribution in [0, 0.1) is 0 Å². The number of carbonyl (C=O) groups excluding carboxylic acids is 1. The summed E-state index contributed by atoms with van der Waals surface area (Å²) in [6.45, 7) is 2.86. The van der Waals surface area contributed by atoms with Gasteiger partial charge in [-0.05, 0) is 18.6 Å². The van der Waals surface area contributed by atoms with Crippen LogP contribution in [0.15, 0.2) is 65.3 Å². The van der Waals surface area contributed by atoms with Crippen LogP contribution in [0.3, 0.4) is 0 Å². The maximum atomic E-state index is 12.2. The predicted molar refractivity (Wildman–Crippen MR) is 103 cm³/mol. The van der Waals surface area contributed by atoms with E-state index in [1.165, 1.54) is 12.8 Å². The highest BCUT2D eigenvalue weighted by molar-refractivity contribution is 6.31. The Morgan fingerprint density at radius 1 is 1.00 bits per heavy atom. The average molecular weight is 349 g/mol. The highest BCUT2D eigenvalue weighted by atomic mass is 16.7. The lowest BCUT2D eigenvalue weighted by molar-refractivity contribution is -0.136. The number of unbranched alkanes of at least 4 members (excludes halogenated alkanes) is 3. The van der Waals surface area contributed by atoms with Crippen molar-refractivity contribution in [3.05, 3.63) is 71.3 Å². The van der Waals surface area contributed by atoms with Gasteiger partial charge in [0.25, 0.3) is 0 Å². The molecule has 0 bridgehead atoms. The summed E-state index contributed by atoms with van der Waals surface area (Å²) in [5.41, 5.74) is 2.69. The Bertz CT molecular complexity index is 809. The number of carbonyl (C=O) groups is 1. The zero-order chi connectivity index (χ0) is 18.2. The van der Waals surface area contributed by atoms with Crippen LogP contribution in [0.5, 0.6) is 5.75 Å². The molecule has 1 aliphatic heterocycles. The smallest absolute Gasteiger partial charge is 0.368 e. The first-order chi connectivity index (χ1) is 12.8. The number of benzene rings is 2. The molecule has 2 aromatic rings. The van der Waals surface area contributed by atoms with E-state index in [2.05, 4.69) is 12.1 Å². The maximum Gasteiger partial charge on any atom is 0.368 e. The monoisotopic (exact) mass is 349 g/mol. The number of hydrogen-bond acceptors (Lipinski definition) is 4. The van der Waals surface area contributed by atoms with Gasteiger partial charge in [0.15, 0.2) is 0 Å². The zero-order valence-corrected chi connectivity index (χ0v) is 15.0. The Hall–Kier alpha value is -2.88. The molecule has 0 saturated carbocycles. The second kappa shape index (κ2) is 8.99. The second-order valence-corrected chi connectivity index (χ2v) is 6.19. The number of para-hydroxylation sites is 1. The van der Waals surface area contributed by atoms with Crippen LogP contribution in [0.4, 0.5) is 0 Å². The second-order valence-electron chi connectivity index (χ2n) is 6.19. The molecule has 0 unspecified atom stereocenters. The van der Waals surface area contributed by atoms with Crippen molar-refractivity contribution < 1.29 is 14.4 Å². The maximum absolute atomic E-state index is 12.2. The van der Waals surface area contributed by atoms with Crippen LogP contribution < -0.4 is 4.74 Å². The molecular weight excluding hydrogens is 326 g/mol. The van der Waals surface area contributed by atoms with Gasteiger partial charge in [-0.3, -0.25) is 0 Å². The molecule has 4 nitrogen and oxygen atoms in total. The zero-order valence-electron chi connectivity index (χ0n) is 15.0. The third-order valence-corrected chi connectivity index (χ3v) is 4.22. The van der Waals surface area contributed by atoms with Gasteiger partial charge in [0.05, 0.1) is 12.2 Å². The van der Waals surface area contributed by atoms with Gasteiger partial charge in [-0.25, -0.2) is 4.79 Å². The Labute approximate surface area is 154 Å². The average Bonchev–Trinajstić information content (AvgIpc) is 3.04. The number of ether oxygens (including phenoxy) is 1. The summed E-state index contributed by atoms with van der Waals surface area (Å²) in [6.07, 6.45) is 6.40. The summed E-state index contributed by atoms with van der Waals surface area (Å²) in [5.74, 6) is 0.324. The first kappa shape index (κ1) is 17.9. The molecule has 0 spiro atoms. The van der Waals surface area contributed by atoms with Gasteiger partial charge < -0.3 is 9.57 Å². The molecule has 3 rings (SSSR count). The van der Waals surface area contributed by atoms with E-state index < -0.39 is 5.97 Å². The first-order valence-electron chi connectivity index (χ1n) is 9.08. The molecule has 0 aromatic heterocycles. The fourth-order valence-corrected chi connectivity index (χ4v) is 2.81. The number of hydrogen-bond donors (Lipinski definition) is 0. The van der Waals surface area contributed by atoms with Crippen LogP contribution in [0.1, 0.15) is 43.7 Å². The Balaban J connectivity index is 1.80. The van der Waals surface area contributed by atoms with Gasteiger partial charge in [0.1, 0.15) is 11.5 Å². The van der Waals surface area contributed by atoms with E-state index in [-0.39, 0.29) is 0 Å². The van der Waals surface area contributed by atoms with Crippen molar-refractivity contribution in [2.45, 2.75) is 32.6 Å². The van der Waals surface area contributed by atoms with Gasteiger partial charge in [-0.15, -0.1) is 0 Å². The van der Waals surface area contributed by atoms with E-state index in [0.717, 1.165) is 29.7 Å². The Morgan fingerprint density at radius 3 is 2.58 bits per heavy atom. The molecule has 1 aliphatic rings. The predicted octanol–water partition coefficient (Wildman–Crippen LogP) is 4.99. The van der Waals surface area contributed by atoms with Crippen LogP contribution in [-0.4, -0.2) is 18.3 Å². The van der Waals surface area contributed by atoms with Gasteiger partial charge >= 0.3 is 5.97 Å². The first-order valence-corrected chi connectivity index (χ1v) is 9.08. The van der Waals surface area contributed by atoms with Crippen molar-refractivity contribution in [3.8, 4) is 5.75 Å². The quantitative estimate of drug-likeness (QED) is 0.383. The van der Waals surface area contributed by atoms with Gasteiger partial charge in [-0.2, -0.15) is 0 Å². The lowest BCUT2D eigenvalue weighted by Gasteiger charge is -2.09. The fourth-order valence-electron chi connectivity index (χ4n) is 2.81. The Kier molecular flexibility index (Phi) is 6.20. The molecule has 26 heavy (non-hydrogen) atoms. The van der Waals surface area contributed by atoms with E-state index in [0.29, 0.717) is 17.9 Å². The summed E-state index contributed by atoms with van der Waals surface area (Å²) >= 11 is 0. The summed E-state index contributed by atoms with van der Waals surface area (Å²) in [4.78, 5) is 17.1. The van der Waals surface area contributed by atoms with Crippen molar-refractivity contribution >= 4 is 17.8 Å². The minimum Gasteiger partial charge on any atom is -0.493 e. The third kappa shape index (κ3) is 4.39. The third-order valence-electron chi connectivity index (χ3n) is 4.22. The molecule has 1 heterocycles. The minimum absolute atomic E-state index is 0.443. The van der Waals surface area contributed by atoms with E-state index in [1.807, 2.05) is 54.6 Å². The SMILES string of the molecule is CCCCCCOc1ccccc1C=C1C(=O)ON=C1c1ccccc1. The normalized spacial score (nSPS) is 15.0. The van der Waals surface area contributed by atoms with Crippen LogP contribution in [-0.2, 0) is 9.63 Å². The van der Waals surface area contributed by atoms with Gasteiger partial charge in [0, 0.05) is 11.1 Å². The molecule has 0 aliphatic carbocycles. The van der Waals surface area contributed by atoms with E-state index >= 15 is 0 Å². The van der Waals surface area contributed by atoms with Crippen molar-refractivity contribution in [2.75, 3.05) is 6.61 Å². The lowest BCUT2D eigenvalue weighted by Crippen LogP contribution is -2.07. The highest BCUT2D eigenvalue weighted by Gasteiger charge is 2.27. The molecule has 4 heteroatoms. The Morgan fingerprint density at radius 2 is 1.77 bits per heavy atom. The number of rotatable bonds is 8. The minimum atomic E-state index is -0.443. The van der Waals surface area contributed by atoms with E-state index in [4.69, 9.17) is 9.57 Å². The van der Waals surface area contributed by atoms with Crippen molar-refractivity contribution in [1.82, 2.24) is 0 Å². The molecule has 0 saturated heterocycles. The molecular formula is C22H23NO3. The molecule has 134 valence electrons. The molecule has 2 aromatic carbocycles. The topological polar surface area (TPSA) is 47.9 Å². The van der Waals surface area contributed by atoms with Crippen molar-refractivity contribution in [1.29, 1.82) is 0 Å². The summed E-state index contributed by atoms with van der Waals surface area (Å²) < 4.78 is 5.93. The highest BCUT2D eigenvalue weighted by Crippen LogP contribution is 2.26. The number of oxime groups is 1. The largest absolute Gasteiger partial charge is 0.493 e. The van der Waals surface area contributed by atoms with Crippen LogP contribution in [0.25, 0.3) is 6.08 Å². The van der Waals surface area contributed by atoms with Gasteiger partial charge in [0.2, 0.25) is 0 Å². The summed E-state index contributed by atoms with van der Waals surface area (Å²) in [7, 11) is 0. The molecule has 0 atom stereocenters. The van der Waals surface area contributed by atoms with Crippen molar-refractivity contribution in [3.63, 3.8) is 0 Å². The molecule has 0 N–H and O–H groups in total. The molecule has 0 amide bonds. The van der Waals surface area contributed by atoms with Gasteiger partial charge in [-0.1, -0.05) is 79.9 Å². The summed E-state index contributed by atoms with van der Waals surface area (Å²) in [6, 6.07) is 17.3. The molecule has 0 fully saturated rings.